The van der Waals surface area contributed by atoms with Gasteiger partial charge in [0.1, 0.15) is 11.6 Å². The Bertz CT molecular complexity index is 544. The lowest BCUT2D eigenvalue weighted by atomic mass is 10.0. The number of nitrogens with one attached hydrogen (secondary N) is 1. The van der Waals surface area contributed by atoms with Crippen LogP contribution >= 0.6 is 0 Å². The zero-order valence-electron chi connectivity index (χ0n) is 10.8. The van der Waals surface area contributed by atoms with Gasteiger partial charge < -0.3 is 5.73 Å². The number of unbranched alkanes of at least 4 members (excludes halogenated alkanes) is 2. The van der Waals surface area contributed by atoms with E-state index >= 15 is 0 Å². The standard InChI is InChI=1S/C14H17F2N3/c1-2-3-4-5-12-13(14(17)19-18-12)9-6-10(15)8-11(16)7-9/h6-8H,2-5H2,1H3,(H3,17,18,19). The van der Waals surface area contributed by atoms with E-state index in [0.717, 1.165) is 37.4 Å². The molecule has 3 nitrogen and oxygen atoms in total. The van der Waals surface area contributed by atoms with Crippen molar-refractivity contribution in [2.75, 3.05) is 5.73 Å². The van der Waals surface area contributed by atoms with Crippen molar-refractivity contribution < 1.29 is 8.78 Å². The first-order chi connectivity index (χ1) is 9.11. The Kier molecular flexibility index (Phi) is 4.14. The first kappa shape index (κ1) is 13.5. The lowest BCUT2D eigenvalue weighted by Crippen LogP contribution is -1.93. The van der Waals surface area contributed by atoms with E-state index in [1.165, 1.54) is 12.1 Å². The quantitative estimate of drug-likeness (QED) is 0.810. The molecule has 3 N–H and O–H groups in total. The second-order valence-corrected chi connectivity index (χ2v) is 4.58. The lowest BCUT2D eigenvalue weighted by Gasteiger charge is -2.05. The third-order valence-electron chi connectivity index (χ3n) is 3.05. The minimum Gasteiger partial charge on any atom is -0.382 e. The highest BCUT2D eigenvalue weighted by atomic mass is 19.1. The second-order valence-electron chi connectivity index (χ2n) is 4.58. The topological polar surface area (TPSA) is 54.7 Å². The predicted octanol–water partition coefficient (Wildman–Crippen LogP) is 3.67. The summed E-state index contributed by atoms with van der Waals surface area (Å²) in [6.07, 6.45) is 3.96. The van der Waals surface area contributed by atoms with Gasteiger partial charge in [0.15, 0.2) is 5.82 Å². The molecule has 0 amide bonds. The predicted molar refractivity (Wildman–Crippen MR) is 71.6 cm³/mol. The molecule has 5 heteroatoms. The number of nitrogens with two attached hydrogens (primary N) is 1. The fourth-order valence-corrected chi connectivity index (χ4v) is 2.15. The number of aryl methyl sites for hydroxylation is 1. The molecule has 2 rings (SSSR count). The Morgan fingerprint density at radius 2 is 1.84 bits per heavy atom. The van der Waals surface area contributed by atoms with Crippen LogP contribution in [0.2, 0.25) is 0 Å². The van der Waals surface area contributed by atoms with Crippen molar-refractivity contribution in [3.05, 3.63) is 35.5 Å². The van der Waals surface area contributed by atoms with Crippen molar-refractivity contribution in [3.63, 3.8) is 0 Å². The van der Waals surface area contributed by atoms with Gasteiger partial charge in [0.2, 0.25) is 0 Å². The number of hydrogen-bond donors (Lipinski definition) is 2. The van der Waals surface area contributed by atoms with Crippen LogP contribution in [0.3, 0.4) is 0 Å². The Hall–Kier alpha value is -1.91. The van der Waals surface area contributed by atoms with Crippen molar-refractivity contribution in [2.45, 2.75) is 32.6 Å². The summed E-state index contributed by atoms with van der Waals surface area (Å²) in [7, 11) is 0. The number of hydrogen-bond acceptors (Lipinski definition) is 2. The van der Waals surface area contributed by atoms with E-state index in [1.54, 1.807) is 0 Å². The Morgan fingerprint density at radius 1 is 1.16 bits per heavy atom. The Morgan fingerprint density at radius 3 is 2.47 bits per heavy atom. The van der Waals surface area contributed by atoms with E-state index in [2.05, 4.69) is 17.1 Å². The molecule has 0 radical (unpaired) electrons. The number of nitrogens with zero attached hydrogens (tertiary/aromatic N) is 1. The van der Waals surface area contributed by atoms with Crippen molar-refractivity contribution in [3.8, 4) is 11.1 Å². The summed E-state index contributed by atoms with van der Waals surface area (Å²) in [4.78, 5) is 0. The summed E-state index contributed by atoms with van der Waals surface area (Å²) in [6, 6.07) is 3.39. The monoisotopic (exact) mass is 265 g/mol. The molecule has 0 spiro atoms. The molecule has 0 aliphatic rings. The normalized spacial score (nSPS) is 10.9. The van der Waals surface area contributed by atoms with Gasteiger partial charge in [-0.15, -0.1) is 0 Å². The molecule has 0 aliphatic heterocycles. The van der Waals surface area contributed by atoms with Gasteiger partial charge in [-0.2, -0.15) is 5.10 Å². The molecule has 102 valence electrons. The maximum absolute atomic E-state index is 13.3. The number of aromatic amines is 1. The minimum absolute atomic E-state index is 0.275. The smallest absolute Gasteiger partial charge is 0.153 e. The second kappa shape index (κ2) is 5.82. The summed E-state index contributed by atoms with van der Waals surface area (Å²) >= 11 is 0. The molecule has 0 atom stereocenters. The van der Waals surface area contributed by atoms with Crippen LogP contribution in [0.5, 0.6) is 0 Å². The van der Waals surface area contributed by atoms with E-state index < -0.39 is 11.6 Å². The van der Waals surface area contributed by atoms with Gasteiger partial charge in [-0.25, -0.2) is 8.78 Å². The molecule has 2 aromatic rings. The van der Waals surface area contributed by atoms with Crippen LogP contribution in [-0.2, 0) is 6.42 Å². The van der Waals surface area contributed by atoms with Crippen LogP contribution in [0.15, 0.2) is 18.2 Å². The highest BCUT2D eigenvalue weighted by molar-refractivity contribution is 5.76. The van der Waals surface area contributed by atoms with Crippen LogP contribution in [-0.4, -0.2) is 10.2 Å². The summed E-state index contributed by atoms with van der Waals surface area (Å²) < 4.78 is 26.6. The minimum atomic E-state index is -0.616. The van der Waals surface area contributed by atoms with E-state index in [9.17, 15) is 8.78 Å². The fraction of sp³-hybridized carbons (Fsp3) is 0.357. The SMILES string of the molecule is CCCCCc1[nH]nc(N)c1-c1cc(F)cc(F)c1. The number of nitrogen functional groups attached to an aromatic ring is 1. The first-order valence-corrected chi connectivity index (χ1v) is 6.41. The Labute approximate surface area is 110 Å². The van der Waals surface area contributed by atoms with E-state index in [4.69, 9.17) is 5.73 Å². The van der Waals surface area contributed by atoms with E-state index in [-0.39, 0.29) is 5.82 Å². The summed E-state index contributed by atoms with van der Waals surface area (Å²) in [5, 5.41) is 6.79. The van der Waals surface area contributed by atoms with Gasteiger partial charge in [-0.1, -0.05) is 19.8 Å². The van der Waals surface area contributed by atoms with Crippen LogP contribution in [0.4, 0.5) is 14.6 Å². The third kappa shape index (κ3) is 3.10. The third-order valence-corrected chi connectivity index (χ3v) is 3.05. The number of halogens is 2. The number of benzene rings is 1. The number of anilines is 1. The van der Waals surface area contributed by atoms with Gasteiger partial charge >= 0.3 is 0 Å². The maximum Gasteiger partial charge on any atom is 0.153 e. The average Bonchev–Trinajstić information content (AvgIpc) is 2.70. The first-order valence-electron chi connectivity index (χ1n) is 6.41. The molecule has 1 aromatic carbocycles. The molecule has 19 heavy (non-hydrogen) atoms. The molecule has 0 fully saturated rings. The molecule has 1 aromatic heterocycles. The summed E-state index contributed by atoms with van der Waals surface area (Å²) in [6.45, 7) is 2.12. The highest BCUT2D eigenvalue weighted by Crippen LogP contribution is 2.30. The number of aromatic nitrogens is 2. The van der Waals surface area contributed by atoms with Crippen molar-refractivity contribution >= 4 is 5.82 Å². The van der Waals surface area contributed by atoms with Gasteiger partial charge in [0.05, 0.1) is 0 Å². The summed E-state index contributed by atoms with van der Waals surface area (Å²) in [5.74, 6) is -0.957. The fourth-order valence-electron chi connectivity index (χ4n) is 2.15. The largest absolute Gasteiger partial charge is 0.382 e. The molecular formula is C14H17F2N3. The molecule has 0 aliphatic carbocycles. The lowest BCUT2D eigenvalue weighted by molar-refractivity contribution is 0.584. The van der Waals surface area contributed by atoms with Gasteiger partial charge in [-0.05, 0) is 30.5 Å². The number of rotatable bonds is 5. The van der Waals surface area contributed by atoms with Crippen molar-refractivity contribution in [1.29, 1.82) is 0 Å². The van der Waals surface area contributed by atoms with E-state index in [1.807, 2.05) is 0 Å². The van der Waals surface area contributed by atoms with Crippen LogP contribution in [0.1, 0.15) is 31.9 Å². The van der Waals surface area contributed by atoms with E-state index in [0.29, 0.717) is 11.1 Å². The molecule has 0 unspecified atom stereocenters. The van der Waals surface area contributed by atoms with Crippen LogP contribution in [0, 0.1) is 11.6 Å². The van der Waals surface area contributed by atoms with Crippen LogP contribution < -0.4 is 5.73 Å². The van der Waals surface area contributed by atoms with Crippen molar-refractivity contribution in [1.82, 2.24) is 10.2 Å². The van der Waals surface area contributed by atoms with Gasteiger partial charge in [0, 0.05) is 17.3 Å². The maximum atomic E-state index is 13.3. The van der Waals surface area contributed by atoms with Gasteiger partial charge in [-0.3, -0.25) is 5.10 Å². The van der Waals surface area contributed by atoms with Crippen LogP contribution in [0.25, 0.3) is 11.1 Å². The molecule has 0 saturated carbocycles. The average molecular weight is 265 g/mol. The van der Waals surface area contributed by atoms with Gasteiger partial charge in [0.25, 0.3) is 0 Å². The highest BCUT2D eigenvalue weighted by Gasteiger charge is 2.14. The molecule has 0 bridgehead atoms. The van der Waals surface area contributed by atoms with Crippen molar-refractivity contribution in [2.24, 2.45) is 0 Å². The Balaban J connectivity index is 2.34. The molecular weight excluding hydrogens is 248 g/mol. The zero-order valence-corrected chi connectivity index (χ0v) is 10.8. The summed E-state index contributed by atoms with van der Waals surface area (Å²) in [5.41, 5.74) is 7.65. The molecule has 0 saturated heterocycles. The zero-order chi connectivity index (χ0) is 13.8. The molecule has 1 heterocycles. The number of H-pyrrole nitrogens is 1.